The number of rotatable bonds is 4. The number of furan rings is 1. The maximum Gasteiger partial charge on any atom is 0.416 e. The lowest BCUT2D eigenvalue weighted by Gasteiger charge is -2.36. The molecule has 2 aliphatic rings. The number of benzene rings is 1. The van der Waals surface area contributed by atoms with Crippen LogP contribution >= 0.6 is 0 Å². The molecule has 30 heavy (non-hydrogen) atoms. The highest BCUT2D eigenvalue weighted by Gasteiger charge is 2.35. The fourth-order valence-electron chi connectivity index (χ4n) is 4.64. The van der Waals surface area contributed by atoms with Gasteiger partial charge in [0.1, 0.15) is 5.58 Å². The summed E-state index contributed by atoms with van der Waals surface area (Å²) < 4.78 is 45.4. The topological polar surface area (TPSA) is 65.7 Å². The van der Waals surface area contributed by atoms with Gasteiger partial charge in [0, 0.05) is 25.0 Å². The third-order valence-electron chi connectivity index (χ3n) is 6.68. The van der Waals surface area contributed by atoms with Crippen LogP contribution in [-0.2, 0) is 6.18 Å². The van der Waals surface area contributed by atoms with E-state index in [-0.39, 0.29) is 11.3 Å². The Morgan fingerprint density at radius 1 is 1.30 bits per heavy atom. The van der Waals surface area contributed by atoms with Crippen LogP contribution in [0.15, 0.2) is 22.6 Å². The first-order valence-electron chi connectivity index (χ1n) is 10.6. The van der Waals surface area contributed by atoms with Crippen LogP contribution < -0.4 is 10.2 Å². The van der Waals surface area contributed by atoms with E-state index >= 15 is 0 Å². The molecule has 1 aliphatic heterocycles. The highest BCUT2D eigenvalue weighted by Crippen LogP contribution is 2.40. The Balaban J connectivity index is 1.59. The number of alkyl halides is 3. The Morgan fingerprint density at radius 2 is 2.03 bits per heavy atom. The van der Waals surface area contributed by atoms with Crippen molar-refractivity contribution in [1.29, 1.82) is 0 Å². The molecule has 0 unspecified atom stereocenters. The van der Waals surface area contributed by atoms with E-state index in [0.29, 0.717) is 36.6 Å². The van der Waals surface area contributed by atoms with Crippen LogP contribution in [0, 0.1) is 5.92 Å². The zero-order chi connectivity index (χ0) is 21.5. The molecule has 1 aromatic carbocycles. The molecule has 0 radical (unpaired) electrons. The molecule has 1 aromatic heterocycles. The van der Waals surface area contributed by atoms with E-state index in [2.05, 4.69) is 5.32 Å². The lowest BCUT2D eigenvalue weighted by atomic mass is 9.76. The molecule has 5 nitrogen and oxygen atoms in total. The number of carbonyl (C=O) groups excluding carboxylic acids is 1. The average molecular weight is 424 g/mol. The third kappa shape index (κ3) is 4.02. The summed E-state index contributed by atoms with van der Waals surface area (Å²) in [6.45, 7) is 3.54. The van der Waals surface area contributed by atoms with Crippen molar-refractivity contribution >= 4 is 22.6 Å². The van der Waals surface area contributed by atoms with Gasteiger partial charge in [0.25, 0.3) is 5.91 Å². The second-order valence-corrected chi connectivity index (χ2v) is 8.54. The number of hydrogen-bond donors (Lipinski definition) is 2. The molecule has 1 fully saturated rings. The molecule has 1 saturated carbocycles. The standard InChI is InChI=1S/C22H27F3N2O3/c1-2-21(29)8-5-14(6-9-21)7-11-27-12-10-26-20(28)19-18(27)16-13-15(22(23,24)25)3-4-17(16)30-19/h3-4,13-14,29H,2,5-12H2,1H3,(H,26,28)/t14-,21+. The zero-order valence-electron chi connectivity index (χ0n) is 17.0. The molecular weight excluding hydrogens is 397 g/mol. The second-order valence-electron chi connectivity index (χ2n) is 8.54. The molecule has 8 heteroatoms. The summed E-state index contributed by atoms with van der Waals surface area (Å²) in [7, 11) is 0. The molecule has 1 aliphatic carbocycles. The maximum atomic E-state index is 13.2. The minimum Gasteiger partial charge on any atom is -0.449 e. The van der Waals surface area contributed by atoms with Gasteiger partial charge >= 0.3 is 6.18 Å². The van der Waals surface area contributed by atoms with E-state index in [1.54, 1.807) is 0 Å². The predicted molar refractivity (Wildman–Crippen MR) is 108 cm³/mol. The van der Waals surface area contributed by atoms with Crippen molar-refractivity contribution in [3.63, 3.8) is 0 Å². The first kappa shape index (κ1) is 21.0. The summed E-state index contributed by atoms with van der Waals surface area (Å²) in [6, 6.07) is 3.33. The summed E-state index contributed by atoms with van der Waals surface area (Å²) in [5.74, 6) is 0.129. The molecule has 0 saturated heterocycles. The molecule has 2 aromatic rings. The van der Waals surface area contributed by atoms with E-state index in [9.17, 15) is 23.1 Å². The Morgan fingerprint density at radius 3 is 2.70 bits per heavy atom. The molecule has 4 rings (SSSR count). The molecule has 2 N–H and O–H groups in total. The molecule has 2 heterocycles. The Bertz CT molecular complexity index is 930. The van der Waals surface area contributed by atoms with Crippen molar-refractivity contribution in [2.45, 2.75) is 57.2 Å². The van der Waals surface area contributed by atoms with Gasteiger partial charge in [0.05, 0.1) is 16.9 Å². The Hall–Kier alpha value is -2.22. The van der Waals surface area contributed by atoms with Crippen molar-refractivity contribution in [1.82, 2.24) is 5.32 Å². The van der Waals surface area contributed by atoms with E-state index in [0.717, 1.165) is 50.7 Å². The highest BCUT2D eigenvalue weighted by atomic mass is 19.4. The molecule has 0 atom stereocenters. The zero-order valence-corrected chi connectivity index (χ0v) is 17.0. The van der Waals surface area contributed by atoms with Crippen LogP contribution in [0.3, 0.4) is 0 Å². The number of anilines is 1. The molecule has 0 bridgehead atoms. The van der Waals surface area contributed by atoms with Crippen molar-refractivity contribution < 1.29 is 27.5 Å². The smallest absolute Gasteiger partial charge is 0.416 e. The largest absolute Gasteiger partial charge is 0.449 e. The number of amides is 1. The van der Waals surface area contributed by atoms with Crippen LogP contribution in [0.5, 0.6) is 0 Å². The van der Waals surface area contributed by atoms with E-state index in [4.69, 9.17) is 4.42 Å². The number of hydrogen-bond acceptors (Lipinski definition) is 4. The van der Waals surface area contributed by atoms with Gasteiger partial charge in [0.15, 0.2) is 0 Å². The normalized spacial score (nSPS) is 25.2. The van der Waals surface area contributed by atoms with Gasteiger partial charge in [-0.1, -0.05) is 6.92 Å². The summed E-state index contributed by atoms with van der Waals surface area (Å²) in [5.41, 5.74) is -0.584. The summed E-state index contributed by atoms with van der Waals surface area (Å²) in [4.78, 5) is 14.4. The lowest BCUT2D eigenvalue weighted by Crippen LogP contribution is -2.35. The number of carbonyl (C=O) groups is 1. The number of fused-ring (bicyclic) bond motifs is 3. The van der Waals surface area contributed by atoms with Crippen molar-refractivity contribution in [2.75, 3.05) is 24.5 Å². The van der Waals surface area contributed by atoms with Crippen LogP contribution in [-0.4, -0.2) is 36.2 Å². The van der Waals surface area contributed by atoms with Crippen LogP contribution in [0.2, 0.25) is 0 Å². The second kappa shape index (κ2) is 7.80. The monoisotopic (exact) mass is 424 g/mol. The Kier molecular flexibility index (Phi) is 5.46. The van der Waals surface area contributed by atoms with Gasteiger partial charge in [-0.3, -0.25) is 4.79 Å². The van der Waals surface area contributed by atoms with E-state index < -0.39 is 23.2 Å². The molecule has 0 spiro atoms. The van der Waals surface area contributed by atoms with Crippen LogP contribution in [0.25, 0.3) is 11.0 Å². The SMILES string of the molecule is CC[C@]1(O)CC[C@@H](CCN2CCNC(=O)c3oc4ccc(C(F)(F)F)cc4c32)CC1. The highest BCUT2D eigenvalue weighted by molar-refractivity contribution is 6.07. The first-order valence-corrected chi connectivity index (χ1v) is 10.6. The molecular formula is C22H27F3N2O3. The maximum absolute atomic E-state index is 13.2. The number of halogens is 3. The van der Waals surface area contributed by atoms with Gasteiger partial charge < -0.3 is 19.7 Å². The van der Waals surface area contributed by atoms with Crippen LogP contribution in [0.1, 0.15) is 61.6 Å². The quantitative estimate of drug-likeness (QED) is 0.745. The average Bonchev–Trinajstić information content (AvgIpc) is 3.02. The minimum atomic E-state index is -4.46. The predicted octanol–water partition coefficient (Wildman–Crippen LogP) is 4.72. The van der Waals surface area contributed by atoms with Gasteiger partial charge in [-0.15, -0.1) is 0 Å². The Labute approximate surface area is 173 Å². The lowest BCUT2D eigenvalue weighted by molar-refractivity contribution is -0.137. The summed E-state index contributed by atoms with van der Waals surface area (Å²) in [6.07, 6.45) is 0.587. The van der Waals surface area contributed by atoms with Crippen molar-refractivity contribution in [3.8, 4) is 0 Å². The minimum absolute atomic E-state index is 0.0748. The van der Waals surface area contributed by atoms with Gasteiger partial charge in [-0.25, -0.2) is 0 Å². The third-order valence-corrected chi connectivity index (χ3v) is 6.68. The fraction of sp³-hybridized carbons (Fsp3) is 0.591. The molecule has 1 amide bonds. The number of aliphatic hydroxyl groups is 1. The van der Waals surface area contributed by atoms with E-state index in [1.807, 2.05) is 11.8 Å². The van der Waals surface area contributed by atoms with Crippen molar-refractivity contribution in [2.24, 2.45) is 5.92 Å². The van der Waals surface area contributed by atoms with Crippen molar-refractivity contribution in [3.05, 3.63) is 29.5 Å². The van der Waals surface area contributed by atoms with Gasteiger partial charge in [-0.05, 0) is 62.6 Å². The van der Waals surface area contributed by atoms with Gasteiger partial charge in [0.2, 0.25) is 5.76 Å². The summed E-state index contributed by atoms with van der Waals surface area (Å²) >= 11 is 0. The molecule has 164 valence electrons. The first-order chi connectivity index (χ1) is 14.2. The fourth-order valence-corrected chi connectivity index (χ4v) is 4.64. The van der Waals surface area contributed by atoms with Gasteiger partial charge in [-0.2, -0.15) is 13.2 Å². The number of nitrogens with one attached hydrogen (secondary N) is 1. The van der Waals surface area contributed by atoms with Crippen LogP contribution in [0.4, 0.5) is 18.9 Å². The number of nitrogens with zero attached hydrogens (tertiary/aromatic N) is 1. The van der Waals surface area contributed by atoms with E-state index in [1.165, 1.54) is 6.07 Å². The summed E-state index contributed by atoms with van der Waals surface area (Å²) in [5, 5.41) is 13.5.